The molecular weight excluding hydrogens is 290 g/mol. The summed E-state index contributed by atoms with van der Waals surface area (Å²) in [6.07, 6.45) is 0. The Hall–Kier alpha value is -1.59. The van der Waals surface area contributed by atoms with Crippen LogP contribution in [0.5, 0.6) is 0 Å². The van der Waals surface area contributed by atoms with Crippen molar-refractivity contribution in [1.29, 1.82) is 5.41 Å². The van der Waals surface area contributed by atoms with E-state index >= 15 is 0 Å². The van der Waals surface area contributed by atoms with Crippen molar-refractivity contribution in [2.24, 2.45) is 5.73 Å². The highest BCUT2D eigenvalue weighted by atomic mass is 35.5. The highest BCUT2D eigenvalue weighted by Gasteiger charge is 2.09. The quantitative estimate of drug-likeness (QED) is 0.663. The molecule has 0 saturated carbocycles. The number of rotatable bonds is 3. The Kier molecular flexibility index (Phi) is 4.07. The lowest BCUT2D eigenvalue weighted by Crippen LogP contribution is -2.10. The molecule has 98 valence electrons. The van der Waals surface area contributed by atoms with Crippen molar-refractivity contribution in [3.63, 3.8) is 0 Å². The van der Waals surface area contributed by atoms with Gasteiger partial charge in [0.2, 0.25) is 0 Å². The van der Waals surface area contributed by atoms with Crippen molar-refractivity contribution >= 4 is 29.2 Å². The number of benzene rings is 2. The summed E-state index contributed by atoms with van der Waals surface area (Å²) in [4.78, 5) is 0.885. The Balaban J connectivity index is 2.31. The number of hydrogen-bond donors (Lipinski definition) is 2. The lowest BCUT2D eigenvalue weighted by Gasteiger charge is -2.07. The first-order valence-electron chi connectivity index (χ1n) is 5.24. The molecule has 0 unspecified atom stereocenters. The lowest BCUT2D eigenvalue weighted by molar-refractivity contribution is 0.565. The average molecular weight is 299 g/mol. The van der Waals surface area contributed by atoms with Gasteiger partial charge >= 0.3 is 0 Å². The molecule has 0 aliphatic heterocycles. The fourth-order valence-electron chi connectivity index (χ4n) is 1.43. The van der Waals surface area contributed by atoms with E-state index in [2.05, 4.69) is 0 Å². The molecule has 0 aliphatic carbocycles. The maximum atomic E-state index is 13.5. The molecule has 0 spiro atoms. The van der Waals surface area contributed by atoms with E-state index in [4.69, 9.17) is 22.7 Å². The van der Waals surface area contributed by atoms with Gasteiger partial charge in [-0.1, -0.05) is 29.4 Å². The Morgan fingerprint density at radius 2 is 1.79 bits per heavy atom. The molecule has 0 bridgehead atoms. The summed E-state index contributed by atoms with van der Waals surface area (Å²) in [5.41, 5.74) is 5.84. The summed E-state index contributed by atoms with van der Waals surface area (Å²) in [6.45, 7) is 0. The van der Waals surface area contributed by atoms with Crippen LogP contribution in [-0.4, -0.2) is 5.84 Å². The van der Waals surface area contributed by atoms with Gasteiger partial charge in [0.15, 0.2) is 0 Å². The van der Waals surface area contributed by atoms with Gasteiger partial charge in [0.1, 0.15) is 17.5 Å². The van der Waals surface area contributed by atoms with Gasteiger partial charge in [-0.05, 0) is 24.3 Å². The van der Waals surface area contributed by atoms with Crippen molar-refractivity contribution < 1.29 is 8.78 Å². The monoisotopic (exact) mass is 298 g/mol. The number of nitrogens with two attached hydrogens (primary N) is 1. The van der Waals surface area contributed by atoms with Gasteiger partial charge in [-0.15, -0.1) is 0 Å². The second-order valence-electron chi connectivity index (χ2n) is 3.74. The standard InChI is InChI=1S/C13H9ClF2N2S/c14-9-5-7(13(17)18)1-3-11(9)19-12-4-2-8(15)6-10(12)16/h1-6H,(H3,17,18). The SMILES string of the molecule is N=C(N)c1ccc(Sc2ccc(F)cc2F)c(Cl)c1. The molecule has 2 aromatic rings. The van der Waals surface area contributed by atoms with Gasteiger partial charge < -0.3 is 5.73 Å². The molecule has 0 amide bonds. The van der Waals surface area contributed by atoms with Crippen LogP contribution in [-0.2, 0) is 0 Å². The molecule has 0 aromatic heterocycles. The molecule has 2 nitrogen and oxygen atoms in total. The Morgan fingerprint density at radius 1 is 1.11 bits per heavy atom. The third kappa shape index (κ3) is 3.24. The largest absolute Gasteiger partial charge is 0.384 e. The minimum Gasteiger partial charge on any atom is -0.384 e. The molecule has 2 rings (SSSR count). The fourth-order valence-corrected chi connectivity index (χ4v) is 2.55. The molecule has 0 aliphatic rings. The van der Waals surface area contributed by atoms with Crippen molar-refractivity contribution in [3.05, 3.63) is 58.6 Å². The Bertz CT molecular complexity index is 647. The molecule has 0 radical (unpaired) electrons. The van der Waals surface area contributed by atoms with Crippen LogP contribution in [0.3, 0.4) is 0 Å². The highest BCUT2D eigenvalue weighted by molar-refractivity contribution is 7.99. The van der Waals surface area contributed by atoms with Crippen LogP contribution in [0.1, 0.15) is 5.56 Å². The minimum absolute atomic E-state index is 0.0913. The van der Waals surface area contributed by atoms with Crippen LogP contribution in [0.25, 0.3) is 0 Å². The zero-order valence-electron chi connectivity index (χ0n) is 9.58. The maximum Gasteiger partial charge on any atom is 0.140 e. The molecule has 0 heterocycles. The summed E-state index contributed by atoms with van der Waals surface area (Å²) < 4.78 is 26.3. The summed E-state index contributed by atoms with van der Waals surface area (Å²) in [5, 5.41) is 7.65. The van der Waals surface area contributed by atoms with E-state index in [1.54, 1.807) is 12.1 Å². The third-order valence-electron chi connectivity index (χ3n) is 2.36. The van der Waals surface area contributed by atoms with Crippen LogP contribution in [0.2, 0.25) is 5.02 Å². The van der Waals surface area contributed by atoms with E-state index in [1.807, 2.05) is 0 Å². The first kappa shape index (κ1) is 13.8. The average Bonchev–Trinajstić information content (AvgIpc) is 2.34. The lowest BCUT2D eigenvalue weighted by atomic mass is 10.2. The Morgan fingerprint density at radius 3 is 2.37 bits per heavy atom. The molecule has 0 saturated heterocycles. The molecule has 6 heteroatoms. The van der Waals surface area contributed by atoms with Crippen LogP contribution in [0.15, 0.2) is 46.2 Å². The van der Waals surface area contributed by atoms with Gasteiger partial charge in [-0.3, -0.25) is 5.41 Å². The normalized spacial score (nSPS) is 10.5. The first-order valence-corrected chi connectivity index (χ1v) is 6.43. The summed E-state index contributed by atoms with van der Waals surface area (Å²) in [5.74, 6) is -1.36. The number of nitrogen functional groups attached to an aromatic ring is 1. The summed E-state index contributed by atoms with van der Waals surface area (Å²) in [6, 6.07) is 8.16. The molecule has 3 N–H and O–H groups in total. The molecular formula is C13H9ClF2N2S. The highest BCUT2D eigenvalue weighted by Crippen LogP contribution is 2.35. The van der Waals surface area contributed by atoms with Gasteiger partial charge in [-0.2, -0.15) is 0 Å². The second-order valence-corrected chi connectivity index (χ2v) is 5.23. The van der Waals surface area contributed by atoms with E-state index < -0.39 is 11.6 Å². The van der Waals surface area contributed by atoms with Crippen LogP contribution in [0, 0.1) is 17.0 Å². The van der Waals surface area contributed by atoms with Crippen LogP contribution < -0.4 is 5.73 Å². The number of hydrogen-bond acceptors (Lipinski definition) is 2. The van der Waals surface area contributed by atoms with E-state index in [1.165, 1.54) is 18.2 Å². The number of nitrogens with one attached hydrogen (secondary N) is 1. The predicted molar refractivity (Wildman–Crippen MR) is 72.9 cm³/mol. The second kappa shape index (κ2) is 5.59. The van der Waals surface area contributed by atoms with E-state index in [-0.39, 0.29) is 10.7 Å². The van der Waals surface area contributed by atoms with Crippen molar-refractivity contribution in [3.8, 4) is 0 Å². The molecule has 0 fully saturated rings. The molecule has 0 atom stereocenters. The first-order chi connectivity index (χ1) is 8.97. The van der Waals surface area contributed by atoms with Gasteiger partial charge in [0.25, 0.3) is 0 Å². The molecule has 19 heavy (non-hydrogen) atoms. The number of halogens is 3. The fraction of sp³-hybridized carbons (Fsp3) is 0. The zero-order valence-corrected chi connectivity index (χ0v) is 11.2. The van der Waals surface area contributed by atoms with Gasteiger partial charge in [0, 0.05) is 21.4 Å². The summed E-state index contributed by atoms with van der Waals surface area (Å²) in [7, 11) is 0. The van der Waals surface area contributed by atoms with E-state index in [9.17, 15) is 8.78 Å². The van der Waals surface area contributed by atoms with Crippen LogP contribution in [0.4, 0.5) is 8.78 Å². The maximum absolute atomic E-state index is 13.5. The van der Waals surface area contributed by atoms with Crippen molar-refractivity contribution in [1.82, 2.24) is 0 Å². The third-order valence-corrected chi connectivity index (χ3v) is 3.91. The van der Waals surface area contributed by atoms with Crippen molar-refractivity contribution in [2.45, 2.75) is 9.79 Å². The van der Waals surface area contributed by atoms with Crippen molar-refractivity contribution in [2.75, 3.05) is 0 Å². The van der Waals surface area contributed by atoms with E-state index in [0.29, 0.717) is 15.5 Å². The van der Waals surface area contributed by atoms with Gasteiger partial charge in [0.05, 0.1) is 5.02 Å². The minimum atomic E-state index is -0.642. The predicted octanol–water partition coefficient (Wildman–Crippen LogP) is 4.05. The summed E-state index contributed by atoms with van der Waals surface area (Å²) >= 11 is 7.12. The van der Waals surface area contributed by atoms with Crippen LogP contribution >= 0.6 is 23.4 Å². The Labute approximate surface area is 118 Å². The molecule has 2 aromatic carbocycles. The topological polar surface area (TPSA) is 49.9 Å². The zero-order chi connectivity index (χ0) is 14.0. The number of amidine groups is 1. The smallest absolute Gasteiger partial charge is 0.140 e. The van der Waals surface area contributed by atoms with E-state index in [0.717, 1.165) is 17.8 Å². The van der Waals surface area contributed by atoms with Gasteiger partial charge in [-0.25, -0.2) is 8.78 Å².